The van der Waals surface area contributed by atoms with Gasteiger partial charge in [0.1, 0.15) is 17.3 Å². The van der Waals surface area contributed by atoms with E-state index in [1.165, 1.54) is 79.9 Å². The van der Waals surface area contributed by atoms with E-state index in [0.29, 0.717) is 68.6 Å². The molecule has 0 fully saturated rings. The standard InChI is InChI=1S/C17H14N2O4.C16H12N2O4.2C16H12N2O3.C15H9FN2O3/c1-10-3-5-11(6-4-10)15-18-16(23-19-15)12-7-13(17(20)21)9-14(8-12)22-2;1-21-13-7-5-10(6-8-13)14-17-15(22-18-14)11-3-2-4-12(9-11)16(19)20;1-10-4-2-5-11(8-10)14-17-15(21-18-14)12-6-3-7-13(9-12)16(19)20;1-10-5-7-11(8-6-10)14-17-15(21-18-14)12-3-2-4-13(9-12)16(19)20;16-12-7-2-1-6-11(12)13-17-14(21-18-13)9-4-3-5-10(8-9)15(19)20/h3-9H,1-2H3,(H,20,21);2-9H,1H3,(H,19,20);2*2-9H,1H3,(H,19,20);1-8H,(H,19,20). The Morgan fingerprint density at radius 3 is 0.963 bits per heavy atom. The molecule has 5 aromatic heterocycles. The summed E-state index contributed by atoms with van der Waals surface area (Å²) in [5.41, 5.74) is 10.4. The van der Waals surface area contributed by atoms with Crippen LogP contribution in [0.15, 0.2) is 259 Å². The highest BCUT2D eigenvalue weighted by Gasteiger charge is 2.20. The van der Waals surface area contributed by atoms with Gasteiger partial charge in [0.2, 0.25) is 29.1 Å². The molecule has 538 valence electrons. The zero-order valence-electron chi connectivity index (χ0n) is 57.5. The molecule has 5 N–H and O–H groups in total. The van der Waals surface area contributed by atoms with E-state index in [1.807, 2.05) is 106 Å². The van der Waals surface area contributed by atoms with Crippen LogP contribution in [0.3, 0.4) is 0 Å². The van der Waals surface area contributed by atoms with Crippen molar-refractivity contribution in [3.05, 3.63) is 287 Å². The van der Waals surface area contributed by atoms with Crippen molar-refractivity contribution in [1.29, 1.82) is 0 Å². The topological polar surface area (TPSA) is 400 Å². The Morgan fingerprint density at radius 1 is 0.287 bits per heavy atom. The molecule has 0 saturated heterocycles. The smallest absolute Gasteiger partial charge is 0.335 e. The van der Waals surface area contributed by atoms with Crippen molar-refractivity contribution in [2.45, 2.75) is 20.8 Å². The summed E-state index contributed by atoms with van der Waals surface area (Å²) in [7, 11) is 3.06. The molecule has 27 nitrogen and oxygen atoms in total. The molecule has 108 heavy (non-hydrogen) atoms. The quantitative estimate of drug-likeness (QED) is 0.0565. The Hall–Kier alpha value is -15.2. The zero-order valence-corrected chi connectivity index (χ0v) is 57.5. The number of hydrogen-bond acceptors (Lipinski definition) is 22. The van der Waals surface area contributed by atoms with E-state index in [0.717, 1.165) is 44.7 Å². The van der Waals surface area contributed by atoms with Crippen LogP contribution in [0.5, 0.6) is 11.5 Å². The number of aryl methyl sites for hydroxylation is 3. The average molecular weight is 1450 g/mol. The highest BCUT2D eigenvalue weighted by atomic mass is 19.1. The molecule has 28 heteroatoms. The molecule has 15 aromatic rings. The molecule has 0 aliphatic carbocycles. The van der Waals surface area contributed by atoms with Gasteiger partial charge in [-0.1, -0.05) is 146 Å². The van der Waals surface area contributed by atoms with E-state index in [-0.39, 0.29) is 56.9 Å². The average Bonchev–Trinajstić information content (AvgIpc) is 1.66. The first-order valence-electron chi connectivity index (χ1n) is 32.2. The number of halogens is 1. The predicted molar refractivity (Wildman–Crippen MR) is 388 cm³/mol. The third kappa shape index (κ3) is 18.9. The van der Waals surface area contributed by atoms with Crippen LogP contribution in [0.25, 0.3) is 114 Å². The van der Waals surface area contributed by atoms with Crippen molar-refractivity contribution in [2.75, 3.05) is 14.2 Å². The minimum atomic E-state index is -1.05. The molecule has 10 aromatic carbocycles. The SMILES string of the molecule is COc1cc(C(=O)O)cc(-c2nc(-c3ccc(C)cc3)no2)c1.COc1ccc(-c2noc(-c3cccc(C(=O)O)c3)n2)cc1.Cc1ccc(-c2noc(-c3cccc(C(=O)O)c3)n2)cc1.Cc1cccc(-c2noc(-c3cccc(C(=O)O)c3)n2)c1.O=C(O)c1cccc(-c2nc(-c3ccccc3F)no2)c1. The first-order valence-corrected chi connectivity index (χ1v) is 32.2. The van der Waals surface area contributed by atoms with Crippen molar-refractivity contribution in [2.24, 2.45) is 0 Å². The van der Waals surface area contributed by atoms with Gasteiger partial charge in [-0.15, -0.1) is 0 Å². The Bertz CT molecular complexity index is 5700. The number of rotatable bonds is 17. The second-order valence-corrected chi connectivity index (χ2v) is 23.2. The van der Waals surface area contributed by atoms with Gasteiger partial charge in [-0.3, -0.25) is 0 Å². The first kappa shape index (κ1) is 74.0. The summed E-state index contributed by atoms with van der Waals surface area (Å²) in [6.07, 6.45) is 0. The summed E-state index contributed by atoms with van der Waals surface area (Å²) in [5, 5.41) is 64.6. The molecule has 0 atom stereocenters. The normalized spacial score (nSPS) is 10.5. The van der Waals surface area contributed by atoms with E-state index in [1.54, 1.807) is 86.0 Å². The highest BCUT2D eigenvalue weighted by Crippen LogP contribution is 2.31. The van der Waals surface area contributed by atoms with Crippen LogP contribution in [-0.4, -0.2) is 120 Å². The molecule has 15 rings (SSSR count). The van der Waals surface area contributed by atoms with Crippen molar-refractivity contribution < 1.29 is 86.0 Å². The number of carboxylic acids is 5. The molecule has 0 bridgehead atoms. The van der Waals surface area contributed by atoms with Crippen LogP contribution in [0.4, 0.5) is 4.39 Å². The lowest BCUT2D eigenvalue weighted by Gasteiger charge is -2.03. The summed E-state index contributed by atoms with van der Waals surface area (Å²) in [6, 6.07) is 66.4. The molecule has 5 heterocycles. The zero-order chi connectivity index (χ0) is 76.4. The van der Waals surface area contributed by atoms with Crippen molar-refractivity contribution in [3.63, 3.8) is 0 Å². The van der Waals surface area contributed by atoms with E-state index in [4.69, 9.17) is 57.6 Å². The largest absolute Gasteiger partial charge is 0.497 e. The maximum atomic E-state index is 13.7. The van der Waals surface area contributed by atoms with E-state index in [2.05, 4.69) is 50.7 Å². The number of carboxylic acid groups (broad SMARTS) is 5. The second-order valence-electron chi connectivity index (χ2n) is 23.2. The Balaban J connectivity index is 0.000000134. The number of carbonyl (C=O) groups is 5. The van der Waals surface area contributed by atoms with Gasteiger partial charge in [-0.05, 0) is 154 Å². The van der Waals surface area contributed by atoms with Crippen LogP contribution in [0.1, 0.15) is 68.5 Å². The van der Waals surface area contributed by atoms with Gasteiger partial charge in [0, 0.05) is 50.1 Å². The molecular formula is C80H59FN10O17. The van der Waals surface area contributed by atoms with Crippen molar-refractivity contribution in [3.8, 4) is 126 Å². The maximum Gasteiger partial charge on any atom is 0.335 e. The molecule has 0 amide bonds. The van der Waals surface area contributed by atoms with Gasteiger partial charge >= 0.3 is 29.8 Å². The fraction of sp³-hybridized carbons (Fsp3) is 0.0625. The Labute approximate surface area is 611 Å². The van der Waals surface area contributed by atoms with Crippen LogP contribution in [-0.2, 0) is 0 Å². The van der Waals surface area contributed by atoms with Gasteiger partial charge in [0.05, 0.1) is 47.6 Å². The van der Waals surface area contributed by atoms with Gasteiger partial charge < -0.3 is 57.6 Å². The maximum absolute atomic E-state index is 13.7. The van der Waals surface area contributed by atoms with Gasteiger partial charge in [-0.25, -0.2) is 28.4 Å². The number of methoxy groups -OCH3 is 2. The van der Waals surface area contributed by atoms with Crippen molar-refractivity contribution in [1.82, 2.24) is 50.7 Å². The number of aromatic nitrogens is 10. The summed E-state index contributed by atoms with van der Waals surface area (Å²) in [5.74, 6) is -1.20. The van der Waals surface area contributed by atoms with Crippen molar-refractivity contribution >= 4 is 29.8 Å². The summed E-state index contributed by atoms with van der Waals surface area (Å²) < 4.78 is 49.9. The van der Waals surface area contributed by atoms with Crippen LogP contribution >= 0.6 is 0 Å². The van der Waals surface area contributed by atoms with Crippen LogP contribution in [0.2, 0.25) is 0 Å². The third-order valence-corrected chi connectivity index (χ3v) is 15.6. The minimum absolute atomic E-state index is 0.0921. The van der Waals surface area contributed by atoms with Gasteiger partial charge in [0.15, 0.2) is 0 Å². The fourth-order valence-corrected chi connectivity index (χ4v) is 9.96. The summed E-state index contributed by atoms with van der Waals surface area (Å²) in [6.45, 7) is 5.98. The summed E-state index contributed by atoms with van der Waals surface area (Å²) >= 11 is 0. The lowest BCUT2D eigenvalue weighted by Crippen LogP contribution is -1.98. The van der Waals surface area contributed by atoms with Gasteiger partial charge in [0.25, 0.3) is 29.5 Å². The highest BCUT2D eigenvalue weighted by molar-refractivity contribution is 5.92. The van der Waals surface area contributed by atoms with E-state index in [9.17, 15) is 28.4 Å². The molecule has 0 radical (unpaired) electrons. The number of hydrogen-bond donors (Lipinski definition) is 5. The molecule has 0 aliphatic rings. The number of nitrogens with zero attached hydrogens (tertiary/aromatic N) is 10. The lowest BCUT2D eigenvalue weighted by molar-refractivity contribution is 0.0686. The first-order chi connectivity index (χ1) is 52.1. The second kappa shape index (κ2) is 34.2. The lowest BCUT2D eigenvalue weighted by atomic mass is 10.1. The third-order valence-electron chi connectivity index (χ3n) is 15.6. The molecule has 0 unspecified atom stereocenters. The summed E-state index contributed by atoms with van der Waals surface area (Å²) in [4.78, 5) is 76.4. The van der Waals surface area contributed by atoms with Crippen LogP contribution < -0.4 is 9.47 Å². The van der Waals surface area contributed by atoms with Gasteiger partial charge in [-0.2, -0.15) is 24.9 Å². The number of aromatic carboxylic acids is 5. The monoisotopic (exact) mass is 1450 g/mol. The number of ether oxygens (including phenoxy) is 2. The fourth-order valence-electron chi connectivity index (χ4n) is 9.96. The predicted octanol–water partition coefficient (Wildman–Crippen LogP) is 16.6. The molecular weight excluding hydrogens is 1390 g/mol. The molecule has 0 spiro atoms. The Morgan fingerprint density at radius 2 is 0.602 bits per heavy atom. The van der Waals surface area contributed by atoms with E-state index < -0.39 is 35.7 Å². The van der Waals surface area contributed by atoms with E-state index >= 15 is 0 Å². The number of benzene rings is 10. The Kier molecular flexibility index (Phi) is 23.4. The van der Waals surface area contributed by atoms with Crippen LogP contribution in [0, 0.1) is 26.6 Å². The minimum Gasteiger partial charge on any atom is -0.497 e. The molecule has 0 saturated carbocycles. The molecule has 0 aliphatic heterocycles.